The molecule has 0 aliphatic heterocycles. The van der Waals surface area contributed by atoms with E-state index in [0.717, 1.165) is 13.0 Å². The third kappa shape index (κ3) is 3.21. The first-order chi connectivity index (χ1) is 9.42. The van der Waals surface area contributed by atoms with Crippen molar-refractivity contribution in [2.24, 2.45) is 0 Å². The molecule has 0 radical (unpaired) electrons. The molecule has 1 nitrogen and oxygen atoms in total. The maximum Gasteiger partial charge on any atom is 0.00103 e. The fraction of sp³-hybridized carbons (Fsp3) is 0.474. The minimum Gasteiger partial charge on any atom is -0.315 e. The van der Waals surface area contributed by atoms with Crippen LogP contribution >= 0.6 is 0 Å². The van der Waals surface area contributed by atoms with Gasteiger partial charge in [-0.25, -0.2) is 0 Å². The molecule has 0 aromatic heterocycles. The van der Waals surface area contributed by atoms with Crippen LogP contribution in [-0.4, -0.2) is 12.6 Å². The average molecular weight is 269 g/mol. The number of aryl methyl sites for hydroxylation is 1. The lowest BCUT2D eigenvalue weighted by Gasteiger charge is -2.28. The topological polar surface area (TPSA) is 12.0 Å². The van der Waals surface area contributed by atoms with Crippen LogP contribution in [0.25, 0.3) is 10.8 Å². The molecule has 0 bridgehead atoms. The van der Waals surface area contributed by atoms with Gasteiger partial charge in [-0.05, 0) is 47.2 Å². The fourth-order valence-electron chi connectivity index (χ4n) is 2.85. The van der Waals surface area contributed by atoms with E-state index in [1.807, 2.05) is 0 Å². The van der Waals surface area contributed by atoms with Crippen molar-refractivity contribution in [2.75, 3.05) is 6.54 Å². The van der Waals surface area contributed by atoms with Gasteiger partial charge in [0.1, 0.15) is 0 Å². The van der Waals surface area contributed by atoms with Crippen LogP contribution in [0.1, 0.15) is 45.2 Å². The largest absolute Gasteiger partial charge is 0.315 e. The summed E-state index contributed by atoms with van der Waals surface area (Å²) < 4.78 is 0. The van der Waals surface area contributed by atoms with E-state index in [4.69, 9.17) is 0 Å². The van der Waals surface area contributed by atoms with Gasteiger partial charge in [-0.1, -0.05) is 64.1 Å². The van der Waals surface area contributed by atoms with Gasteiger partial charge in [0.05, 0.1) is 0 Å². The highest BCUT2D eigenvalue weighted by atomic mass is 14.9. The van der Waals surface area contributed by atoms with Crippen LogP contribution in [0.3, 0.4) is 0 Å². The van der Waals surface area contributed by atoms with E-state index < -0.39 is 0 Å². The summed E-state index contributed by atoms with van der Waals surface area (Å²) in [5.74, 6) is 0. The Morgan fingerprint density at radius 3 is 2.30 bits per heavy atom. The van der Waals surface area contributed by atoms with Gasteiger partial charge < -0.3 is 5.32 Å². The van der Waals surface area contributed by atoms with Crippen molar-refractivity contribution < 1.29 is 0 Å². The molecular formula is C19H27N. The third-order valence-corrected chi connectivity index (χ3v) is 4.17. The normalized spacial score (nSPS) is 12.3. The van der Waals surface area contributed by atoms with Gasteiger partial charge in [0, 0.05) is 6.04 Å². The first kappa shape index (κ1) is 15.1. The Hall–Kier alpha value is -1.34. The highest BCUT2D eigenvalue weighted by Gasteiger charge is 2.22. The molecule has 1 heteroatoms. The van der Waals surface area contributed by atoms with Crippen molar-refractivity contribution in [2.45, 2.75) is 52.5 Å². The molecule has 0 saturated carbocycles. The SMILES string of the molecule is Cc1ccc(C(C)(C)CCNC(C)C)c2ccccc12. The van der Waals surface area contributed by atoms with Crippen LogP contribution in [-0.2, 0) is 5.41 Å². The van der Waals surface area contributed by atoms with Crippen LogP contribution in [0.5, 0.6) is 0 Å². The first-order valence-corrected chi connectivity index (χ1v) is 7.64. The molecule has 0 fully saturated rings. The van der Waals surface area contributed by atoms with Gasteiger partial charge in [0.2, 0.25) is 0 Å². The van der Waals surface area contributed by atoms with Crippen LogP contribution in [0.4, 0.5) is 0 Å². The number of fused-ring (bicyclic) bond motifs is 1. The van der Waals surface area contributed by atoms with Crippen LogP contribution in [0.15, 0.2) is 36.4 Å². The minimum atomic E-state index is 0.190. The zero-order valence-electron chi connectivity index (χ0n) is 13.5. The molecule has 0 heterocycles. The second kappa shape index (κ2) is 5.97. The van der Waals surface area contributed by atoms with Crippen molar-refractivity contribution >= 4 is 10.8 Å². The Kier molecular flexibility index (Phi) is 4.49. The molecular weight excluding hydrogens is 242 g/mol. The molecule has 0 saturated heterocycles. The van der Waals surface area contributed by atoms with Crippen LogP contribution < -0.4 is 5.32 Å². The summed E-state index contributed by atoms with van der Waals surface area (Å²) in [4.78, 5) is 0. The van der Waals surface area contributed by atoms with E-state index in [9.17, 15) is 0 Å². The number of hydrogen-bond acceptors (Lipinski definition) is 1. The van der Waals surface area contributed by atoms with Crippen LogP contribution in [0, 0.1) is 6.92 Å². The molecule has 20 heavy (non-hydrogen) atoms. The molecule has 2 aromatic carbocycles. The zero-order valence-corrected chi connectivity index (χ0v) is 13.5. The summed E-state index contributed by atoms with van der Waals surface area (Å²) in [6, 6.07) is 13.9. The maximum absolute atomic E-state index is 3.53. The monoisotopic (exact) mass is 269 g/mol. The number of nitrogens with one attached hydrogen (secondary N) is 1. The predicted octanol–water partition coefficient (Wildman–Crippen LogP) is 4.81. The molecule has 2 rings (SSSR count). The number of hydrogen-bond donors (Lipinski definition) is 1. The maximum atomic E-state index is 3.53. The van der Waals surface area contributed by atoms with Crippen molar-refractivity contribution in [3.63, 3.8) is 0 Å². The first-order valence-electron chi connectivity index (χ1n) is 7.64. The molecule has 108 valence electrons. The quantitative estimate of drug-likeness (QED) is 0.821. The van der Waals surface area contributed by atoms with Crippen molar-refractivity contribution in [3.8, 4) is 0 Å². The van der Waals surface area contributed by atoms with Gasteiger partial charge in [-0.2, -0.15) is 0 Å². The summed E-state index contributed by atoms with van der Waals surface area (Å²) in [5, 5.41) is 6.32. The number of benzene rings is 2. The molecule has 0 amide bonds. The summed E-state index contributed by atoms with van der Waals surface area (Å²) in [6.07, 6.45) is 1.15. The van der Waals surface area contributed by atoms with Crippen molar-refractivity contribution in [3.05, 3.63) is 47.5 Å². The molecule has 0 aliphatic rings. The van der Waals surface area contributed by atoms with E-state index in [1.165, 1.54) is 21.9 Å². The van der Waals surface area contributed by atoms with E-state index in [2.05, 4.69) is 76.3 Å². The van der Waals surface area contributed by atoms with E-state index >= 15 is 0 Å². The lowest BCUT2D eigenvalue weighted by atomic mass is 9.78. The van der Waals surface area contributed by atoms with Crippen molar-refractivity contribution in [1.82, 2.24) is 5.32 Å². The number of rotatable bonds is 5. The Morgan fingerprint density at radius 1 is 1.00 bits per heavy atom. The Morgan fingerprint density at radius 2 is 1.65 bits per heavy atom. The summed E-state index contributed by atoms with van der Waals surface area (Å²) >= 11 is 0. The standard InChI is InChI=1S/C19H27N/c1-14(2)20-13-12-19(4,5)18-11-10-15(3)16-8-6-7-9-17(16)18/h6-11,14,20H,12-13H2,1-5H3. The Balaban J connectivity index is 2.34. The molecule has 0 spiro atoms. The second-order valence-corrected chi connectivity index (χ2v) is 6.72. The molecule has 0 atom stereocenters. The average Bonchev–Trinajstić information content (AvgIpc) is 2.38. The third-order valence-electron chi connectivity index (χ3n) is 4.17. The fourth-order valence-corrected chi connectivity index (χ4v) is 2.85. The minimum absolute atomic E-state index is 0.190. The van der Waals surface area contributed by atoms with Gasteiger partial charge in [0.15, 0.2) is 0 Å². The zero-order chi connectivity index (χ0) is 14.8. The summed E-state index contributed by atoms with van der Waals surface area (Å²) in [5.41, 5.74) is 3.01. The van der Waals surface area contributed by atoms with Gasteiger partial charge >= 0.3 is 0 Å². The van der Waals surface area contributed by atoms with Crippen LogP contribution in [0.2, 0.25) is 0 Å². The smallest absolute Gasteiger partial charge is 0.00103 e. The molecule has 2 aromatic rings. The lowest BCUT2D eigenvalue weighted by molar-refractivity contribution is 0.444. The highest BCUT2D eigenvalue weighted by molar-refractivity contribution is 5.89. The molecule has 0 aliphatic carbocycles. The highest BCUT2D eigenvalue weighted by Crippen LogP contribution is 2.34. The van der Waals surface area contributed by atoms with Gasteiger partial charge in [0.25, 0.3) is 0 Å². The van der Waals surface area contributed by atoms with Gasteiger partial charge in [-0.3, -0.25) is 0 Å². The van der Waals surface area contributed by atoms with Crippen molar-refractivity contribution in [1.29, 1.82) is 0 Å². The lowest BCUT2D eigenvalue weighted by Crippen LogP contribution is -2.29. The second-order valence-electron chi connectivity index (χ2n) is 6.72. The Bertz CT molecular complexity index is 581. The Labute approximate surface area is 123 Å². The van der Waals surface area contributed by atoms with E-state index in [1.54, 1.807) is 0 Å². The summed E-state index contributed by atoms with van der Waals surface area (Å²) in [6.45, 7) is 12.4. The predicted molar refractivity (Wildman–Crippen MR) is 89.5 cm³/mol. The summed E-state index contributed by atoms with van der Waals surface area (Å²) in [7, 11) is 0. The molecule has 1 N–H and O–H groups in total. The molecule has 0 unspecified atom stereocenters. The van der Waals surface area contributed by atoms with Gasteiger partial charge in [-0.15, -0.1) is 0 Å². The van der Waals surface area contributed by atoms with E-state index in [0.29, 0.717) is 6.04 Å². The van der Waals surface area contributed by atoms with E-state index in [-0.39, 0.29) is 5.41 Å².